The third-order valence-corrected chi connectivity index (χ3v) is 4.40. The Hall–Kier alpha value is -1.12. The van der Waals surface area contributed by atoms with Crippen molar-refractivity contribution in [3.05, 3.63) is 69.2 Å². The van der Waals surface area contributed by atoms with Crippen LogP contribution in [0.25, 0.3) is 0 Å². The van der Waals surface area contributed by atoms with E-state index >= 15 is 0 Å². The number of aliphatic hydroxyl groups is 1. The van der Waals surface area contributed by atoms with Gasteiger partial charge in [-0.15, -0.1) is 0 Å². The summed E-state index contributed by atoms with van der Waals surface area (Å²) in [5.74, 6) is 0. The van der Waals surface area contributed by atoms with Crippen LogP contribution in [0.3, 0.4) is 0 Å². The van der Waals surface area contributed by atoms with Gasteiger partial charge in [0.1, 0.15) is 6.10 Å². The van der Waals surface area contributed by atoms with Gasteiger partial charge in [-0.2, -0.15) is 0 Å². The number of benzene rings is 2. The fraction of sp³-hybridized carbons (Fsp3) is 0.294. The molecule has 2 aromatic carbocycles. The molecule has 2 heteroatoms. The molecule has 2 aromatic rings. The fourth-order valence-electron chi connectivity index (χ4n) is 2.27. The Morgan fingerprint density at radius 2 is 1.89 bits per heavy atom. The first-order valence-electron chi connectivity index (χ1n) is 6.65. The van der Waals surface area contributed by atoms with Crippen LogP contribution >= 0.6 is 15.9 Å². The van der Waals surface area contributed by atoms with Gasteiger partial charge in [0.2, 0.25) is 0 Å². The van der Waals surface area contributed by atoms with E-state index in [2.05, 4.69) is 35.0 Å². The molecule has 0 saturated heterocycles. The van der Waals surface area contributed by atoms with E-state index in [4.69, 9.17) is 0 Å². The zero-order valence-electron chi connectivity index (χ0n) is 11.4. The number of halogens is 1. The lowest BCUT2D eigenvalue weighted by atomic mass is 9.97. The molecule has 0 aliphatic carbocycles. The fourth-order valence-corrected chi connectivity index (χ4v) is 2.75. The van der Waals surface area contributed by atoms with E-state index in [0.717, 1.165) is 34.0 Å². The highest BCUT2D eigenvalue weighted by molar-refractivity contribution is 9.10. The van der Waals surface area contributed by atoms with E-state index in [1.807, 2.05) is 37.3 Å². The van der Waals surface area contributed by atoms with Crippen LogP contribution in [-0.4, -0.2) is 5.11 Å². The van der Waals surface area contributed by atoms with Crippen LogP contribution in [0.15, 0.2) is 46.9 Å². The largest absolute Gasteiger partial charge is 0.384 e. The summed E-state index contributed by atoms with van der Waals surface area (Å²) < 4.78 is 0.989. The number of aliphatic hydroxyl groups excluding tert-OH is 1. The summed E-state index contributed by atoms with van der Waals surface area (Å²) in [7, 11) is 0. The minimum absolute atomic E-state index is 0.578. The van der Waals surface area contributed by atoms with Crippen molar-refractivity contribution in [3.63, 3.8) is 0 Å². The maximum atomic E-state index is 10.6. The molecule has 0 saturated carbocycles. The summed E-state index contributed by atoms with van der Waals surface area (Å²) >= 11 is 3.57. The summed E-state index contributed by atoms with van der Waals surface area (Å²) in [6.45, 7) is 4.20. The Bertz CT molecular complexity index is 563. The Morgan fingerprint density at radius 1 is 1.16 bits per heavy atom. The van der Waals surface area contributed by atoms with Gasteiger partial charge in [-0.3, -0.25) is 0 Å². The molecule has 100 valence electrons. The van der Waals surface area contributed by atoms with Crippen LogP contribution in [0, 0.1) is 6.92 Å². The van der Waals surface area contributed by atoms with Gasteiger partial charge in [0.05, 0.1) is 0 Å². The lowest BCUT2D eigenvalue weighted by molar-refractivity contribution is 0.219. The van der Waals surface area contributed by atoms with E-state index in [1.54, 1.807) is 0 Å². The van der Waals surface area contributed by atoms with E-state index in [1.165, 1.54) is 5.56 Å². The van der Waals surface area contributed by atoms with Crippen LogP contribution in [0.1, 0.15) is 41.7 Å². The zero-order chi connectivity index (χ0) is 13.8. The number of hydrogen-bond donors (Lipinski definition) is 1. The monoisotopic (exact) mass is 318 g/mol. The van der Waals surface area contributed by atoms with E-state index < -0.39 is 6.10 Å². The second-order valence-corrected chi connectivity index (χ2v) is 5.67. The van der Waals surface area contributed by atoms with Crippen molar-refractivity contribution in [1.82, 2.24) is 0 Å². The summed E-state index contributed by atoms with van der Waals surface area (Å²) in [6, 6.07) is 14.2. The molecule has 0 aromatic heterocycles. The van der Waals surface area contributed by atoms with Crippen molar-refractivity contribution >= 4 is 15.9 Å². The van der Waals surface area contributed by atoms with Gasteiger partial charge in [-0.05, 0) is 35.6 Å². The first-order chi connectivity index (χ1) is 9.13. The summed E-state index contributed by atoms with van der Waals surface area (Å²) in [6.07, 6.45) is 1.59. The van der Waals surface area contributed by atoms with E-state index in [9.17, 15) is 5.11 Å². The molecule has 0 bridgehead atoms. The molecular weight excluding hydrogens is 300 g/mol. The third kappa shape index (κ3) is 3.26. The first kappa shape index (κ1) is 14.3. The SMILES string of the molecule is CCCc1cccc(C(O)c2cccc(C)c2Br)c1. The predicted molar refractivity (Wildman–Crippen MR) is 83.4 cm³/mol. The van der Waals surface area contributed by atoms with Crippen molar-refractivity contribution in [2.24, 2.45) is 0 Å². The van der Waals surface area contributed by atoms with E-state index in [0.29, 0.717) is 0 Å². The Labute approximate surface area is 123 Å². The van der Waals surface area contributed by atoms with Gasteiger partial charge in [0.15, 0.2) is 0 Å². The molecule has 0 aliphatic heterocycles. The van der Waals surface area contributed by atoms with Crippen LogP contribution < -0.4 is 0 Å². The number of hydrogen-bond acceptors (Lipinski definition) is 1. The summed E-state index contributed by atoms with van der Waals surface area (Å²) in [5, 5.41) is 10.6. The minimum Gasteiger partial charge on any atom is -0.384 e. The Balaban J connectivity index is 2.35. The lowest BCUT2D eigenvalue weighted by Gasteiger charge is -2.15. The second-order valence-electron chi connectivity index (χ2n) is 4.88. The highest BCUT2D eigenvalue weighted by Crippen LogP contribution is 2.31. The van der Waals surface area contributed by atoms with Crippen molar-refractivity contribution in [2.75, 3.05) is 0 Å². The van der Waals surface area contributed by atoms with Crippen LogP contribution in [-0.2, 0) is 6.42 Å². The van der Waals surface area contributed by atoms with Gasteiger partial charge >= 0.3 is 0 Å². The predicted octanol–water partition coefficient (Wildman–Crippen LogP) is 4.79. The van der Waals surface area contributed by atoms with Gasteiger partial charge < -0.3 is 5.11 Å². The van der Waals surface area contributed by atoms with Crippen molar-refractivity contribution in [2.45, 2.75) is 32.8 Å². The van der Waals surface area contributed by atoms with Crippen molar-refractivity contribution < 1.29 is 5.11 Å². The quantitative estimate of drug-likeness (QED) is 0.859. The number of aryl methyl sites for hydroxylation is 2. The second kappa shape index (κ2) is 6.36. The minimum atomic E-state index is -0.578. The smallest absolute Gasteiger partial charge is 0.105 e. The molecular formula is C17H19BrO. The Kier molecular flexibility index (Phi) is 4.78. The van der Waals surface area contributed by atoms with Crippen molar-refractivity contribution in [3.8, 4) is 0 Å². The average Bonchev–Trinajstić information content (AvgIpc) is 2.42. The summed E-state index contributed by atoms with van der Waals surface area (Å²) in [5.41, 5.74) is 4.30. The van der Waals surface area contributed by atoms with E-state index in [-0.39, 0.29) is 0 Å². The van der Waals surface area contributed by atoms with Crippen LogP contribution in [0.4, 0.5) is 0 Å². The number of rotatable bonds is 4. The molecule has 0 amide bonds. The molecule has 2 rings (SSSR count). The molecule has 0 radical (unpaired) electrons. The van der Waals surface area contributed by atoms with Gasteiger partial charge in [-0.1, -0.05) is 71.7 Å². The molecule has 1 nitrogen and oxygen atoms in total. The maximum Gasteiger partial charge on any atom is 0.105 e. The molecule has 1 unspecified atom stereocenters. The molecule has 0 spiro atoms. The Morgan fingerprint density at radius 3 is 2.63 bits per heavy atom. The van der Waals surface area contributed by atoms with Crippen LogP contribution in [0.5, 0.6) is 0 Å². The van der Waals surface area contributed by atoms with Crippen LogP contribution in [0.2, 0.25) is 0 Å². The maximum absolute atomic E-state index is 10.6. The van der Waals surface area contributed by atoms with Gasteiger partial charge in [-0.25, -0.2) is 0 Å². The topological polar surface area (TPSA) is 20.2 Å². The van der Waals surface area contributed by atoms with Gasteiger partial charge in [0.25, 0.3) is 0 Å². The normalized spacial score (nSPS) is 12.4. The molecule has 19 heavy (non-hydrogen) atoms. The average molecular weight is 319 g/mol. The third-order valence-electron chi connectivity index (χ3n) is 3.32. The molecule has 0 heterocycles. The molecule has 0 aliphatic rings. The lowest BCUT2D eigenvalue weighted by Crippen LogP contribution is -2.02. The van der Waals surface area contributed by atoms with Crippen molar-refractivity contribution in [1.29, 1.82) is 0 Å². The zero-order valence-corrected chi connectivity index (χ0v) is 12.9. The molecule has 1 N–H and O–H groups in total. The highest BCUT2D eigenvalue weighted by atomic mass is 79.9. The standard InChI is InChI=1S/C17H19BrO/c1-3-6-13-8-5-9-14(11-13)17(19)15-10-4-7-12(2)16(15)18/h4-5,7-11,17,19H,3,6H2,1-2H3. The highest BCUT2D eigenvalue weighted by Gasteiger charge is 2.14. The molecule has 1 atom stereocenters. The first-order valence-corrected chi connectivity index (χ1v) is 7.44. The van der Waals surface area contributed by atoms with Gasteiger partial charge in [0, 0.05) is 4.47 Å². The molecule has 0 fully saturated rings. The summed E-state index contributed by atoms with van der Waals surface area (Å²) in [4.78, 5) is 0.